The maximum absolute atomic E-state index is 13.1. The summed E-state index contributed by atoms with van der Waals surface area (Å²) in [6.07, 6.45) is 4.42. The fourth-order valence-electron chi connectivity index (χ4n) is 6.42. The Kier molecular flexibility index (Phi) is 6.15. The third-order valence-electron chi connectivity index (χ3n) is 8.52. The van der Waals surface area contributed by atoms with E-state index >= 15 is 0 Å². The van der Waals surface area contributed by atoms with Crippen LogP contribution in [-0.2, 0) is 22.6 Å². The van der Waals surface area contributed by atoms with Crippen LogP contribution in [0.15, 0.2) is 72.3 Å². The molecule has 2 aromatic carbocycles. The summed E-state index contributed by atoms with van der Waals surface area (Å²) in [5.74, 6) is -0.223. The summed E-state index contributed by atoms with van der Waals surface area (Å²) in [5.41, 5.74) is 3.46. The van der Waals surface area contributed by atoms with Crippen LogP contribution in [-0.4, -0.2) is 34.7 Å². The molecule has 2 aromatic rings. The molecule has 3 aliphatic rings. The Hall–Kier alpha value is -2.43. The van der Waals surface area contributed by atoms with Crippen LogP contribution in [0.1, 0.15) is 44.2 Å². The molecule has 33 heavy (non-hydrogen) atoms. The minimum atomic E-state index is -0.565. The number of hydrogen-bond acceptors (Lipinski definition) is 4. The number of allylic oxidation sites excluding steroid dienone is 1. The lowest BCUT2D eigenvalue weighted by molar-refractivity contribution is -0.145. The van der Waals surface area contributed by atoms with Crippen LogP contribution in [0.2, 0.25) is 0 Å². The van der Waals surface area contributed by atoms with E-state index in [-0.39, 0.29) is 29.3 Å². The van der Waals surface area contributed by atoms with Gasteiger partial charge in [0.05, 0.1) is 12.0 Å². The molecule has 6 unspecified atom stereocenters. The van der Waals surface area contributed by atoms with E-state index in [9.17, 15) is 9.90 Å². The van der Waals surface area contributed by atoms with E-state index in [1.54, 1.807) is 0 Å². The van der Waals surface area contributed by atoms with Gasteiger partial charge in [0.1, 0.15) is 6.10 Å². The van der Waals surface area contributed by atoms with E-state index in [0.717, 1.165) is 32.4 Å². The Morgan fingerprint density at radius 1 is 1.03 bits per heavy atom. The van der Waals surface area contributed by atoms with E-state index in [0.29, 0.717) is 12.5 Å². The number of aliphatic hydroxyl groups is 1. The SMILES string of the molecule is CC1CCC=C2CC3OC(=O)C(CN(Cc4ccccc4)Cc4ccccc4)C3C(O)C21C. The van der Waals surface area contributed by atoms with Crippen LogP contribution in [0.4, 0.5) is 0 Å². The predicted octanol–water partition coefficient (Wildman–Crippen LogP) is 4.97. The van der Waals surface area contributed by atoms with Crippen molar-refractivity contribution in [1.29, 1.82) is 0 Å². The highest BCUT2D eigenvalue weighted by atomic mass is 16.6. The van der Waals surface area contributed by atoms with Crippen molar-refractivity contribution < 1.29 is 14.6 Å². The molecule has 2 aliphatic carbocycles. The second-order valence-electron chi connectivity index (χ2n) is 10.4. The number of carbonyl (C=O) groups is 1. The highest BCUT2D eigenvalue weighted by molar-refractivity contribution is 5.76. The third kappa shape index (κ3) is 4.15. The Morgan fingerprint density at radius 2 is 1.64 bits per heavy atom. The molecule has 1 N–H and O–H groups in total. The van der Waals surface area contributed by atoms with Crippen LogP contribution in [0, 0.1) is 23.2 Å². The van der Waals surface area contributed by atoms with Crippen LogP contribution < -0.4 is 0 Å². The van der Waals surface area contributed by atoms with Gasteiger partial charge in [-0.3, -0.25) is 9.69 Å². The summed E-state index contributed by atoms with van der Waals surface area (Å²) < 4.78 is 5.91. The zero-order valence-corrected chi connectivity index (χ0v) is 19.7. The third-order valence-corrected chi connectivity index (χ3v) is 8.52. The van der Waals surface area contributed by atoms with Gasteiger partial charge in [-0.05, 0) is 29.9 Å². The average molecular weight is 446 g/mol. The number of ether oxygens (including phenoxy) is 1. The molecule has 5 rings (SSSR count). The topological polar surface area (TPSA) is 49.8 Å². The van der Waals surface area contributed by atoms with Crippen molar-refractivity contribution in [2.75, 3.05) is 6.54 Å². The lowest BCUT2D eigenvalue weighted by atomic mass is 9.55. The van der Waals surface area contributed by atoms with E-state index in [4.69, 9.17) is 4.74 Å². The summed E-state index contributed by atoms with van der Waals surface area (Å²) in [4.78, 5) is 15.5. The molecule has 1 heterocycles. The smallest absolute Gasteiger partial charge is 0.311 e. The van der Waals surface area contributed by atoms with Gasteiger partial charge in [-0.25, -0.2) is 0 Å². The second kappa shape index (κ2) is 9.08. The highest BCUT2D eigenvalue weighted by Crippen LogP contribution is 2.56. The first-order valence-corrected chi connectivity index (χ1v) is 12.3. The fraction of sp³-hybridized carbons (Fsp3) is 0.483. The maximum atomic E-state index is 13.1. The Bertz CT molecular complexity index is 963. The molecular weight excluding hydrogens is 410 g/mol. The zero-order valence-electron chi connectivity index (χ0n) is 19.7. The standard InChI is InChI=1S/C29H35NO3/c1-20-10-9-15-23-16-25-26(27(31)29(20,23)2)24(28(32)33-25)19-30(17-21-11-5-3-6-12-21)18-22-13-7-4-8-14-22/h3-8,11-15,20,24-27,31H,9-10,16-19H2,1-2H3. The Morgan fingerprint density at radius 3 is 2.24 bits per heavy atom. The van der Waals surface area contributed by atoms with Crippen molar-refractivity contribution in [3.63, 3.8) is 0 Å². The van der Waals surface area contributed by atoms with Gasteiger partial charge >= 0.3 is 5.97 Å². The lowest BCUT2D eigenvalue weighted by Gasteiger charge is -2.52. The largest absolute Gasteiger partial charge is 0.461 e. The van der Waals surface area contributed by atoms with Gasteiger partial charge in [0, 0.05) is 37.4 Å². The molecule has 1 saturated heterocycles. The number of benzene rings is 2. The van der Waals surface area contributed by atoms with E-state index in [1.165, 1.54) is 16.7 Å². The van der Waals surface area contributed by atoms with E-state index < -0.39 is 6.10 Å². The van der Waals surface area contributed by atoms with Gasteiger partial charge < -0.3 is 9.84 Å². The number of aliphatic hydroxyl groups excluding tert-OH is 1. The summed E-state index contributed by atoms with van der Waals surface area (Å²) in [7, 11) is 0. The van der Waals surface area contributed by atoms with Crippen molar-refractivity contribution in [1.82, 2.24) is 4.90 Å². The minimum Gasteiger partial charge on any atom is -0.461 e. The van der Waals surface area contributed by atoms with Crippen LogP contribution >= 0.6 is 0 Å². The van der Waals surface area contributed by atoms with Crippen LogP contribution in [0.25, 0.3) is 0 Å². The second-order valence-corrected chi connectivity index (χ2v) is 10.4. The molecule has 0 amide bonds. The molecule has 6 atom stereocenters. The normalized spacial score (nSPS) is 33.3. The molecular formula is C29H35NO3. The number of hydrogen-bond donors (Lipinski definition) is 1. The number of rotatable bonds is 6. The summed E-state index contributed by atoms with van der Waals surface area (Å²) in [6, 6.07) is 20.8. The monoisotopic (exact) mass is 445 g/mol. The molecule has 2 fully saturated rings. The summed E-state index contributed by atoms with van der Waals surface area (Å²) in [6.45, 7) is 6.55. The first-order valence-electron chi connectivity index (χ1n) is 12.3. The molecule has 1 saturated carbocycles. The van der Waals surface area contributed by atoms with Gasteiger partial charge in [0.15, 0.2) is 0 Å². The molecule has 0 bridgehead atoms. The van der Waals surface area contributed by atoms with E-state index in [1.807, 2.05) is 12.1 Å². The quantitative estimate of drug-likeness (QED) is 0.504. The molecule has 0 spiro atoms. The van der Waals surface area contributed by atoms with Crippen molar-refractivity contribution in [3.05, 3.63) is 83.4 Å². The van der Waals surface area contributed by atoms with Crippen molar-refractivity contribution >= 4 is 5.97 Å². The summed E-state index contributed by atoms with van der Waals surface area (Å²) >= 11 is 0. The maximum Gasteiger partial charge on any atom is 0.311 e. The van der Waals surface area contributed by atoms with Gasteiger partial charge in [-0.15, -0.1) is 0 Å². The number of carbonyl (C=O) groups excluding carboxylic acids is 1. The van der Waals surface area contributed by atoms with Gasteiger partial charge in [0.2, 0.25) is 0 Å². The van der Waals surface area contributed by atoms with Gasteiger partial charge in [-0.1, -0.05) is 86.2 Å². The number of fused-ring (bicyclic) bond motifs is 2. The Balaban J connectivity index is 1.41. The van der Waals surface area contributed by atoms with Crippen LogP contribution in [0.3, 0.4) is 0 Å². The minimum absolute atomic E-state index is 0.148. The molecule has 1 aliphatic heterocycles. The average Bonchev–Trinajstić information content (AvgIpc) is 3.12. The molecule has 4 heteroatoms. The molecule has 0 radical (unpaired) electrons. The number of esters is 1. The highest BCUT2D eigenvalue weighted by Gasteiger charge is 2.59. The van der Waals surface area contributed by atoms with Crippen molar-refractivity contribution in [2.45, 2.75) is 58.4 Å². The predicted molar refractivity (Wildman–Crippen MR) is 129 cm³/mol. The van der Waals surface area contributed by atoms with Gasteiger partial charge in [-0.2, -0.15) is 0 Å². The van der Waals surface area contributed by atoms with Crippen molar-refractivity contribution in [2.24, 2.45) is 23.2 Å². The summed E-state index contributed by atoms with van der Waals surface area (Å²) in [5, 5.41) is 11.7. The fourth-order valence-corrected chi connectivity index (χ4v) is 6.42. The zero-order chi connectivity index (χ0) is 23.0. The molecule has 174 valence electrons. The first-order chi connectivity index (χ1) is 16.0. The van der Waals surface area contributed by atoms with E-state index in [2.05, 4.69) is 73.4 Å². The van der Waals surface area contributed by atoms with Crippen LogP contribution in [0.5, 0.6) is 0 Å². The lowest BCUT2D eigenvalue weighted by Crippen LogP contribution is -2.54. The van der Waals surface area contributed by atoms with Gasteiger partial charge in [0.25, 0.3) is 0 Å². The number of nitrogens with zero attached hydrogens (tertiary/aromatic N) is 1. The molecule has 0 aromatic heterocycles. The first kappa shape index (κ1) is 22.4. The Labute approximate surface area is 197 Å². The molecule has 4 nitrogen and oxygen atoms in total. The van der Waals surface area contributed by atoms with Crippen molar-refractivity contribution in [3.8, 4) is 0 Å².